The van der Waals surface area contributed by atoms with E-state index in [1.807, 2.05) is 36.5 Å². The van der Waals surface area contributed by atoms with E-state index in [2.05, 4.69) is 50.3 Å². The fourth-order valence-corrected chi connectivity index (χ4v) is 3.52. The lowest BCUT2D eigenvalue weighted by Crippen LogP contribution is -2.30. The zero-order chi connectivity index (χ0) is 13.7. The number of nitrogens with one attached hydrogen (secondary N) is 2. The summed E-state index contributed by atoms with van der Waals surface area (Å²) in [6, 6.07) is 10.1. The van der Waals surface area contributed by atoms with Gasteiger partial charge in [-0.2, -0.15) is 0 Å². The van der Waals surface area contributed by atoms with Crippen molar-refractivity contribution in [3.05, 3.63) is 43.8 Å². The van der Waals surface area contributed by atoms with Crippen molar-refractivity contribution in [3.63, 3.8) is 0 Å². The van der Waals surface area contributed by atoms with Gasteiger partial charge in [-0.1, -0.05) is 6.07 Å². The molecule has 0 aliphatic carbocycles. The van der Waals surface area contributed by atoms with E-state index in [0.29, 0.717) is 5.11 Å². The van der Waals surface area contributed by atoms with Crippen molar-refractivity contribution >= 4 is 57.1 Å². The van der Waals surface area contributed by atoms with Crippen LogP contribution in [0.3, 0.4) is 0 Å². The number of halogens is 1. The van der Waals surface area contributed by atoms with Crippen LogP contribution in [0.15, 0.2) is 30.3 Å². The molecule has 2 rings (SSSR count). The first-order chi connectivity index (χ1) is 9.13. The maximum atomic E-state index is 5.24. The zero-order valence-corrected chi connectivity index (χ0v) is 14.2. The number of pyridine rings is 1. The van der Waals surface area contributed by atoms with E-state index in [-0.39, 0.29) is 0 Å². The monoisotopic (exact) mass is 403 g/mol. The molecule has 0 fully saturated rings. The summed E-state index contributed by atoms with van der Waals surface area (Å²) in [5, 5.41) is 6.89. The fraction of sp³-hybridized carbons (Fsp3) is 0.231. The van der Waals surface area contributed by atoms with Crippen LogP contribution in [-0.4, -0.2) is 16.6 Å². The highest BCUT2D eigenvalue weighted by atomic mass is 127. The fourth-order valence-electron chi connectivity index (χ4n) is 1.56. The van der Waals surface area contributed by atoms with Crippen molar-refractivity contribution < 1.29 is 0 Å². The third-order valence-corrected chi connectivity index (χ3v) is 4.62. The second kappa shape index (κ2) is 7.16. The van der Waals surface area contributed by atoms with Crippen molar-refractivity contribution in [1.29, 1.82) is 0 Å². The van der Waals surface area contributed by atoms with Gasteiger partial charge in [0.1, 0.15) is 5.82 Å². The van der Waals surface area contributed by atoms with Crippen LogP contribution < -0.4 is 10.6 Å². The first kappa shape index (κ1) is 14.7. The average molecular weight is 403 g/mol. The number of thiocarbonyl (C=S) groups is 1. The molecule has 0 atom stereocenters. The number of aromatic nitrogens is 1. The molecule has 19 heavy (non-hydrogen) atoms. The van der Waals surface area contributed by atoms with Crippen LogP contribution in [0.1, 0.15) is 10.6 Å². The maximum Gasteiger partial charge on any atom is 0.171 e. The molecule has 0 spiro atoms. The van der Waals surface area contributed by atoms with E-state index in [0.717, 1.165) is 24.5 Å². The Labute approximate surface area is 136 Å². The Morgan fingerprint density at radius 2 is 2.21 bits per heavy atom. The number of anilines is 1. The Balaban J connectivity index is 1.76. The van der Waals surface area contributed by atoms with Gasteiger partial charge in [0.05, 0.1) is 2.88 Å². The van der Waals surface area contributed by atoms with Crippen molar-refractivity contribution in [2.24, 2.45) is 0 Å². The Kier molecular flexibility index (Phi) is 5.53. The van der Waals surface area contributed by atoms with Gasteiger partial charge in [-0.05, 0) is 72.4 Å². The predicted molar refractivity (Wildman–Crippen MR) is 93.9 cm³/mol. The zero-order valence-electron chi connectivity index (χ0n) is 10.4. The second-order valence-corrected chi connectivity index (χ2v) is 7.47. The second-order valence-electron chi connectivity index (χ2n) is 4.00. The van der Waals surface area contributed by atoms with Crippen molar-refractivity contribution in [2.45, 2.75) is 13.3 Å². The molecule has 2 heterocycles. The Morgan fingerprint density at radius 1 is 1.37 bits per heavy atom. The molecule has 0 radical (unpaired) electrons. The van der Waals surface area contributed by atoms with E-state index in [1.54, 1.807) is 0 Å². The van der Waals surface area contributed by atoms with Crippen LogP contribution in [-0.2, 0) is 6.42 Å². The number of thiophene rings is 1. The minimum Gasteiger partial charge on any atom is -0.362 e. The van der Waals surface area contributed by atoms with Crippen LogP contribution >= 0.6 is 46.1 Å². The van der Waals surface area contributed by atoms with Crippen LogP contribution in [0, 0.1) is 9.81 Å². The summed E-state index contributed by atoms with van der Waals surface area (Å²) >= 11 is 9.39. The van der Waals surface area contributed by atoms with Crippen molar-refractivity contribution in [3.8, 4) is 0 Å². The summed E-state index contributed by atoms with van der Waals surface area (Å²) in [5.74, 6) is 0.781. The van der Waals surface area contributed by atoms with Crippen LogP contribution in [0.5, 0.6) is 0 Å². The van der Waals surface area contributed by atoms with Crippen molar-refractivity contribution in [2.75, 3.05) is 11.9 Å². The molecule has 0 aromatic carbocycles. The Morgan fingerprint density at radius 3 is 2.89 bits per heavy atom. The summed E-state index contributed by atoms with van der Waals surface area (Å²) in [7, 11) is 0. The predicted octanol–water partition coefficient (Wildman–Crippen LogP) is 3.59. The van der Waals surface area contributed by atoms with Crippen LogP contribution in [0.4, 0.5) is 5.82 Å². The molecule has 0 saturated heterocycles. The lowest BCUT2D eigenvalue weighted by atomic mass is 10.3. The lowest BCUT2D eigenvalue weighted by molar-refractivity contribution is 0.884. The molecular weight excluding hydrogens is 389 g/mol. The molecule has 2 aromatic heterocycles. The topological polar surface area (TPSA) is 37.0 Å². The molecule has 3 nitrogen and oxygen atoms in total. The van der Waals surface area contributed by atoms with Gasteiger partial charge in [-0.3, -0.25) is 0 Å². The van der Waals surface area contributed by atoms with Gasteiger partial charge >= 0.3 is 0 Å². The van der Waals surface area contributed by atoms with Gasteiger partial charge in [-0.25, -0.2) is 4.98 Å². The third-order valence-electron chi connectivity index (χ3n) is 2.42. The van der Waals surface area contributed by atoms with Gasteiger partial charge in [0, 0.05) is 17.1 Å². The molecule has 0 unspecified atom stereocenters. The van der Waals surface area contributed by atoms with Crippen LogP contribution in [0.2, 0.25) is 0 Å². The molecule has 0 aliphatic rings. The molecule has 0 saturated carbocycles. The first-order valence-electron chi connectivity index (χ1n) is 5.86. The highest BCUT2D eigenvalue weighted by Crippen LogP contribution is 2.18. The molecule has 0 aliphatic heterocycles. The first-order valence-corrected chi connectivity index (χ1v) is 8.16. The largest absolute Gasteiger partial charge is 0.362 e. The van der Waals surface area contributed by atoms with E-state index in [9.17, 15) is 0 Å². The minimum absolute atomic E-state index is 0.615. The van der Waals surface area contributed by atoms with E-state index in [4.69, 9.17) is 12.2 Å². The van der Waals surface area contributed by atoms with E-state index in [1.165, 1.54) is 7.76 Å². The van der Waals surface area contributed by atoms with Gasteiger partial charge < -0.3 is 10.6 Å². The smallest absolute Gasteiger partial charge is 0.171 e. The Bertz CT molecular complexity index is 569. The minimum atomic E-state index is 0.615. The summed E-state index contributed by atoms with van der Waals surface area (Å²) in [6.45, 7) is 2.79. The van der Waals surface area contributed by atoms with Crippen LogP contribution in [0.25, 0.3) is 0 Å². The molecule has 6 heteroatoms. The molecule has 2 aromatic rings. The number of hydrogen-bond acceptors (Lipinski definition) is 3. The van der Waals surface area contributed by atoms with E-state index >= 15 is 0 Å². The molecule has 2 N–H and O–H groups in total. The summed E-state index contributed by atoms with van der Waals surface area (Å²) in [4.78, 5) is 5.71. The summed E-state index contributed by atoms with van der Waals surface area (Å²) in [5.41, 5.74) is 0.973. The standard InChI is InChI=1S/C13H14IN3S2/c1-9-3-2-4-12(16-9)17-13(18)15-8-7-10-5-6-11(14)19-10/h2-6H,7-8H2,1H3,(H2,15,16,17,18). The number of aryl methyl sites for hydroxylation is 1. The lowest BCUT2D eigenvalue weighted by Gasteiger charge is -2.09. The summed E-state index contributed by atoms with van der Waals surface area (Å²) < 4.78 is 1.32. The van der Waals surface area contributed by atoms with Gasteiger partial charge in [0.15, 0.2) is 5.11 Å². The third kappa shape index (κ3) is 5.04. The number of nitrogens with zero attached hydrogens (tertiary/aromatic N) is 1. The summed E-state index contributed by atoms with van der Waals surface area (Å²) in [6.07, 6.45) is 0.983. The maximum absolute atomic E-state index is 5.24. The molecular formula is C13H14IN3S2. The SMILES string of the molecule is Cc1cccc(NC(=S)NCCc2ccc(I)s2)n1. The molecule has 100 valence electrons. The number of hydrogen-bond donors (Lipinski definition) is 2. The van der Waals surface area contributed by atoms with Gasteiger partial charge in [-0.15, -0.1) is 11.3 Å². The van der Waals surface area contributed by atoms with Crippen molar-refractivity contribution in [1.82, 2.24) is 10.3 Å². The number of rotatable bonds is 4. The normalized spacial score (nSPS) is 10.2. The highest BCUT2D eigenvalue weighted by Gasteiger charge is 2.00. The Hall–Kier alpha value is -0.730. The highest BCUT2D eigenvalue weighted by molar-refractivity contribution is 14.1. The van der Waals surface area contributed by atoms with Gasteiger partial charge in [0.25, 0.3) is 0 Å². The average Bonchev–Trinajstić information content (AvgIpc) is 2.75. The molecule has 0 amide bonds. The quantitative estimate of drug-likeness (QED) is 0.605. The van der Waals surface area contributed by atoms with Gasteiger partial charge in [0.2, 0.25) is 0 Å². The molecule has 0 bridgehead atoms. The van der Waals surface area contributed by atoms with E-state index < -0.39 is 0 Å².